The zero-order valence-corrected chi connectivity index (χ0v) is 9.59. The molecule has 1 heteroatoms. The Kier molecular flexibility index (Phi) is 3.26. The highest BCUT2D eigenvalue weighted by Gasteiger charge is 2.21. The first-order chi connectivity index (χ1) is 6.38. The second-order valence-electron chi connectivity index (χ2n) is 4.07. The van der Waals surface area contributed by atoms with Gasteiger partial charge in [0.05, 0.1) is 0 Å². The molecule has 0 N–H and O–H groups in total. The molecule has 0 fully saturated rings. The van der Waals surface area contributed by atoms with Crippen LogP contribution in [0.1, 0.15) is 38.5 Å². The molecule has 2 rings (SSSR count). The van der Waals surface area contributed by atoms with Crippen LogP contribution in [0.5, 0.6) is 0 Å². The van der Waals surface area contributed by atoms with Gasteiger partial charge in [-0.1, -0.05) is 39.7 Å². The van der Waals surface area contributed by atoms with E-state index in [1.54, 1.807) is 5.57 Å². The summed E-state index contributed by atoms with van der Waals surface area (Å²) in [4.78, 5) is 0.661. The average Bonchev–Trinajstić information content (AvgIpc) is 2.20. The number of rotatable bonds is 1. The Hall–Kier alpha value is -0.0400. The van der Waals surface area contributed by atoms with Crippen molar-refractivity contribution in [3.05, 3.63) is 23.8 Å². The van der Waals surface area contributed by atoms with Crippen molar-refractivity contribution < 1.29 is 0 Å². The fraction of sp³-hybridized carbons (Fsp3) is 0.667. The first kappa shape index (κ1) is 9.51. The molecular formula is C12H17Br. The Morgan fingerprint density at radius 1 is 1.15 bits per heavy atom. The molecule has 0 saturated carbocycles. The Morgan fingerprint density at radius 3 is 2.69 bits per heavy atom. The van der Waals surface area contributed by atoms with Gasteiger partial charge >= 0.3 is 0 Å². The molecule has 0 aromatic rings. The lowest BCUT2D eigenvalue weighted by Gasteiger charge is -2.26. The molecule has 2 atom stereocenters. The molecule has 0 amide bonds. The average molecular weight is 241 g/mol. The van der Waals surface area contributed by atoms with E-state index in [0.29, 0.717) is 4.83 Å². The van der Waals surface area contributed by atoms with Gasteiger partial charge in [-0.25, -0.2) is 0 Å². The normalized spacial score (nSPS) is 34.4. The van der Waals surface area contributed by atoms with Crippen molar-refractivity contribution in [1.29, 1.82) is 0 Å². The van der Waals surface area contributed by atoms with E-state index in [-0.39, 0.29) is 0 Å². The van der Waals surface area contributed by atoms with Gasteiger partial charge in [0, 0.05) is 4.83 Å². The molecule has 2 aliphatic carbocycles. The summed E-state index contributed by atoms with van der Waals surface area (Å²) in [5.41, 5.74) is 1.65. The van der Waals surface area contributed by atoms with Gasteiger partial charge in [-0.2, -0.15) is 0 Å². The molecular weight excluding hydrogens is 224 g/mol. The lowest BCUT2D eigenvalue weighted by molar-refractivity contribution is 0.563. The predicted molar refractivity (Wildman–Crippen MR) is 61.1 cm³/mol. The van der Waals surface area contributed by atoms with Crippen LogP contribution >= 0.6 is 15.9 Å². The minimum Gasteiger partial charge on any atom is -0.0879 e. The molecule has 2 unspecified atom stereocenters. The Morgan fingerprint density at radius 2 is 2.00 bits per heavy atom. The molecule has 72 valence electrons. The molecule has 2 aliphatic rings. The SMILES string of the molecule is BrC1CCCC=C1C1C=CCCC1. The van der Waals surface area contributed by atoms with Gasteiger partial charge in [0.2, 0.25) is 0 Å². The molecule has 0 bridgehead atoms. The Bertz CT molecular complexity index is 227. The fourth-order valence-corrected chi connectivity index (χ4v) is 3.18. The van der Waals surface area contributed by atoms with E-state index in [1.807, 2.05) is 0 Å². The van der Waals surface area contributed by atoms with E-state index in [2.05, 4.69) is 34.2 Å². The summed E-state index contributed by atoms with van der Waals surface area (Å²) in [5.74, 6) is 0.749. The predicted octanol–water partition coefficient (Wildman–Crippen LogP) is 4.22. The quantitative estimate of drug-likeness (QED) is 0.476. The third kappa shape index (κ3) is 2.25. The summed E-state index contributed by atoms with van der Waals surface area (Å²) in [7, 11) is 0. The Balaban J connectivity index is 2.09. The maximum atomic E-state index is 3.79. The molecule has 0 radical (unpaired) electrons. The van der Waals surface area contributed by atoms with Crippen molar-refractivity contribution >= 4 is 15.9 Å². The van der Waals surface area contributed by atoms with E-state index in [0.717, 1.165) is 5.92 Å². The van der Waals surface area contributed by atoms with E-state index in [1.165, 1.54) is 38.5 Å². The fourth-order valence-electron chi connectivity index (χ4n) is 2.33. The van der Waals surface area contributed by atoms with Crippen LogP contribution in [0.25, 0.3) is 0 Å². The van der Waals surface area contributed by atoms with Crippen LogP contribution in [0.2, 0.25) is 0 Å². The van der Waals surface area contributed by atoms with Gasteiger partial charge in [0.25, 0.3) is 0 Å². The van der Waals surface area contributed by atoms with Crippen LogP contribution < -0.4 is 0 Å². The summed E-state index contributed by atoms with van der Waals surface area (Å²) in [5, 5.41) is 0. The van der Waals surface area contributed by atoms with E-state index in [4.69, 9.17) is 0 Å². The molecule has 0 aromatic carbocycles. The smallest absolute Gasteiger partial charge is 0.0360 e. The van der Waals surface area contributed by atoms with Gasteiger partial charge < -0.3 is 0 Å². The Labute approximate surface area is 89.2 Å². The summed E-state index contributed by atoms with van der Waals surface area (Å²) in [6, 6.07) is 0. The zero-order valence-electron chi connectivity index (χ0n) is 8.01. The number of hydrogen-bond donors (Lipinski definition) is 0. The highest BCUT2D eigenvalue weighted by atomic mass is 79.9. The molecule has 0 heterocycles. The highest BCUT2D eigenvalue weighted by Crippen LogP contribution is 2.34. The van der Waals surface area contributed by atoms with Crippen molar-refractivity contribution in [2.75, 3.05) is 0 Å². The lowest BCUT2D eigenvalue weighted by atomic mass is 9.83. The number of hydrogen-bond acceptors (Lipinski definition) is 0. The van der Waals surface area contributed by atoms with Gasteiger partial charge in [0.15, 0.2) is 0 Å². The first-order valence-electron chi connectivity index (χ1n) is 5.38. The third-order valence-corrected chi connectivity index (χ3v) is 4.07. The molecule has 0 saturated heterocycles. The lowest BCUT2D eigenvalue weighted by Crippen LogP contribution is -2.16. The van der Waals surface area contributed by atoms with Crippen LogP contribution in [-0.2, 0) is 0 Å². The van der Waals surface area contributed by atoms with E-state index < -0.39 is 0 Å². The van der Waals surface area contributed by atoms with Crippen molar-refractivity contribution in [2.45, 2.75) is 43.4 Å². The molecule has 0 nitrogen and oxygen atoms in total. The van der Waals surface area contributed by atoms with Gasteiger partial charge in [-0.15, -0.1) is 0 Å². The zero-order chi connectivity index (χ0) is 9.10. The van der Waals surface area contributed by atoms with Crippen LogP contribution in [0, 0.1) is 5.92 Å². The van der Waals surface area contributed by atoms with Crippen LogP contribution in [0.15, 0.2) is 23.8 Å². The molecule has 0 aliphatic heterocycles. The summed E-state index contributed by atoms with van der Waals surface area (Å²) >= 11 is 3.79. The van der Waals surface area contributed by atoms with E-state index >= 15 is 0 Å². The summed E-state index contributed by atoms with van der Waals surface area (Å²) in [6.45, 7) is 0. The van der Waals surface area contributed by atoms with Crippen LogP contribution in [0.3, 0.4) is 0 Å². The first-order valence-corrected chi connectivity index (χ1v) is 6.30. The number of allylic oxidation sites excluding steroid dienone is 4. The topological polar surface area (TPSA) is 0 Å². The van der Waals surface area contributed by atoms with Gasteiger partial charge in [0.1, 0.15) is 0 Å². The maximum Gasteiger partial charge on any atom is 0.0360 e. The largest absolute Gasteiger partial charge is 0.0879 e. The monoisotopic (exact) mass is 240 g/mol. The minimum absolute atomic E-state index is 0.661. The minimum atomic E-state index is 0.661. The number of halogens is 1. The third-order valence-electron chi connectivity index (χ3n) is 3.09. The van der Waals surface area contributed by atoms with E-state index in [9.17, 15) is 0 Å². The molecule has 0 aromatic heterocycles. The highest BCUT2D eigenvalue weighted by molar-refractivity contribution is 9.09. The maximum absolute atomic E-state index is 3.79. The van der Waals surface area contributed by atoms with Gasteiger partial charge in [-0.3, -0.25) is 0 Å². The molecule has 13 heavy (non-hydrogen) atoms. The van der Waals surface area contributed by atoms with Crippen molar-refractivity contribution in [1.82, 2.24) is 0 Å². The molecule has 0 spiro atoms. The van der Waals surface area contributed by atoms with Crippen LogP contribution in [-0.4, -0.2) is 4.83 Å². The van der Waals surface area contributed by atoms with Gasteiger partial charge in [-0.05, 0) is 44.4 Å². The van der Waals surface area contributed by atoms with Crippen LogP contribution in [0.4, 0.5) is 0 Å². The summed E-state index contributed by atoms with van der Waals surface area (Å²) < 4.78 is 0. The summed E-state index contributed by atoms with van der Waals surface area (Å²) in [6.07, 6.45) is 15.2. The standard InChI is InChI=1S/C12H17Br/c13-12-9-5-4-8-11(12)10-6-2-1-3-7-10/h2,6,8,10,12H,1,3-5,7,9H2. The van der Waals surface area contributed by atoms with Crippen molar-refractivity contribution in [3.8, 4) is 0 Å². The van der Waals surface area contributed by atoms with Crippen molar-refractivity contribution in [2.24, 2.45) is 5.92 Å². The second kappa shape index (κ2) is 4.45. The van der Waals surface area contributed by atoms with Crippen molar-refractivity contribution in [3.63, 3.8) is 0 Å². The second-order valence-corrected chi connectivity index (χ2v) is 5.17. The number of alkyl halides is 1.